The van der Waals surface area contributed by atoms with E-state index in [1.807, 2.05) is 48.5 Å². The van der Waals surface area contributed by atoms with Gasteiger partial charge in [0.2, 0.25) is 0 Å². The van der Waals surface area contributed by atoms with Crippen LogP contribution in [0.2, 0.25) is 0 Å². The minimum atomic E-state index is -0.281. The van der Waals surface area contributed by atoms with Crippen LogP contribution in [-0.4, -0.2) is 10.2 Å². The Morgan fingerprint density at radius 1 is 0.375 bits per heavy atom. The van der Waals surface area contributed by atoms with Gasteiger partial charge in [-0.05, 0) is 45.8 Å². The lowest BCUT2D eigenvalue weighted by atomic mass is 9.84. The number of rotatable bonds is 0. The molecular weight excluding hydrogens is 400 g/mol. The van der Waals surface area contributed by atoms with E-state index in [-0.39, 0.29) is 33.1 Å². The fourth-order valence-electron chi connectivity index (χ4n) is 5.47. The van der Waals surface area contributed by atoms with E-state index in [9.17, 15) is 19.8 Å². The molecule has 0 atom stereocenters. The average Bonchev–Trinajstić information content (AvgIpc) is 2.82. The van der Waals surface area contributed by atoms with Gasteiger partial charge in [-0.1, -0.05) is 48.5 Å². The fourth-order valence-corrected chi connectivity index (χ4v) is 5.47. The van der Waals surface area contributed by atoms with E-state index in [1.54, 1.807) is 12.1 Å². The van der Waals surface area contributed by atoms with Crippen molar-refractivity contribution in [2.75, 3.05) is 0 Å². The molecule has 0 saturated carbocycles. The lowest BCUT2D eigenvalue weighted by molar-refractivity contribution is 0.487. The van der Waals surface area contributed by atoms with Gasteiger partial charge in [-0.25, -0.2) is 0 Å². The Morgan fingerprint density at radius 2 is 0.719 bits per heavy atom. The summed E-state index contributed by atoms with van der Waals surface area (Å²) < 4.78 is 0. The second kappa shape index (κ2) is 5.62. The van der Waals surface area contributed by atoms with E-state index in [0.717, 1.165) is 21.5 Å². The molecule has 0 amide bonds. The van der Waals surface area contributed by atoms with Gasteiger partial charge in [0.25, 0.3) is 0 Å². The first-order valence-electron chi connectivity index (χ1n) is 10.3. The molecule has 0 aliphatic carbocycles. The van der Waals surface area contributed by atoms with Gasteiger partial charge in [-0.2, -0.15) is 0 Å². The van der Waals surface area contributed by atoms with Crippen LogP contribution in [0.5, 0.6) is 11.5 Å². The van der Waals surface area contributed by atoms with E-state index in [1.165, 1.54) is 12.1 Å². The molecular formula is C28H14O4. The topological polar surface area (TPSA) is 74.6 Å². The van der Waals surface area contributed by atoms with Crippen molar-refractivity contribution in [2.24, 2.45) is 0 Å². The molecule has 32 heavy (non-hydrogen) atoms. The summed E-state index contributed by atoms with van der Waals surface area (Å²) >= 11 is 0. The molecule has 4 nitrogen and oxygen atoms in total. The summed E-state index contributed by atoms with van der Waals surface area (Å²) in [6, 6.07) is 21.1. The van der Waals surface area contributed by atoms with E-state index < -0.39 is 0 Å². The van der Waals surface area contributed by atoms with Crippen LogP contribution in [0.4, 0.5) is 0 Å². The Bertz CT molecular complexity index is 1890. The molecule has 0 bridgehead atoms. The van der Waals surface area contributed by atoms with Crippen LogP contribution < -0.4 is 10.9 Å². The highest BCUT2D eigenvalue weighted by atomic mass is 16.3. The van der Waals surface area contributed by atoms with Crippen molar-refractivity contribution in [3.05, 3.63) is 93.2 Å². The lowest BCUT2D eigenvalue weighted by Crippen LogP contribution is -2.08. The number of phenols is 2. The van der Waals surface area contributed by atoms with Crippen molar-refractivity contribution in [3.63, 3.8) is 0 Å². The Hall–Kier alpha value is -4.44. The summed E-state index contributed by atoms with van der Waals surface area (Å²) in [5, 5.41) is 29.6. The predicted molar refractivity (Wildman–Crippen MR) is 130 cm³/mol. The van der Waals surface area contributed by atoms with Crippen LogP contribution >= 0.6 is 0 Å². The van der Waals surface area contributed by atoms with Gasteiger partial charge in [0.05, 0.1) is 0 Å². The van der Waals surface area contributed by atoms with Crippen LogP contribution in [0.1, 0.15) is 0 Å². The molecule has 7 rings (SSSR count). The second-order valence-corrected chi connectivity index (χ2v) is 8.26. The Kier molecular flexibility index (Phi) is 3.03. The minimum absolute atomic E-state index is 0.0896. The SMILES string of the molecule is O=c1ccc2c(O)c3ccccc3c3c2c1c1c(=O)ccc2c(O)c4ccccc4c3c21. The van der Waals surface area contributed by atoms with Crippen molar-refractivity contribution in [1.82, 2.24) is 0 Å². The highest BCUT2D eigenvalue weighted by Crippen LogP contribution is 2.49. The quantitative estimate of drug-likeness (QED) is 0.250. The molecule has 0 spiro atoms. The van der Waals surface area contributed by atoms with Crippen molar-refractivity contribution >= 4 is 64.6 Å². The third-order valence-electron chi connectivity index (χ3n) is 6.75. The number of phenolic OH excluding ortho intramolecular Hbond substituents is 2. The molecule has 0 heterocycles. The molecule has 0 aliphatic heterocycles. The van der Waals surface area contributed by atoms with Crippen molar-refractivity contribution in [2.45, 2.75) is 0 Å². The lowest BCUT2D eigenvalue weighted by Gasteiger charge is -2.19. The predicted octanol–water partition coefficient (Wildman–Crippen LogP) is 5.61. The highest BCUT2D eigenvalue weighted by molar-refractivity contribution is 6.43. The average molecular weight is 414 g/mol. The zero-order chi connectivity index (χ0) is 21.7. The van der Waals surface area contributed by atoms with Crippen LogP contribution in [-0.2, 0) is 0 Å². The molecule has 7 aromatic carbocycles. The first kappa shape index (κ1) is 17.3. The van der Waals surface area contributed by atoms with Crippen LogP contribution in [0.25, 0.3) is 64.6 Å². The third kappa shape index (κ3) is 1.84. The molecule has 0 unspecified atom stereocenters. The summed E-state index contributed by atoms with van der Waals surface area (Å²) in [5.41, 5.74) is -0.562. The summed E-state index contributed by atoms with van der Waals surface area (Å²) in [6.07, 6.45) is 0. The van der Waals surface area contributed by atoms with Gasteiger partial charge in [0.1, 0.15) is 11.5 Å². The number of aromatic hydroxyl groups is 2. The molecule has 0 saturated heterocycles. The Balaban J connectivity index is 2.09. The Labute approximate surface area is 179 Å². The maximum atomic E-state index is 13.2. The highest BCUT2D eigenvalue weighted by Gasteiger charge is 2.24. The Morgan fingerprint density at radius 3 is 1.12 bits per heavy atom. The zero-order valence-electron chi connectivity index (χ0n) is 16.6. The zero-order valence-corrected chi connectivity index (χ0v) is 16.6. The summed E-state index contributed by atoms with van der Waals surface area (Å²) in [4.78, 5) is 26.3. The van der Waals surface area contributed by atoms with E-state index in [0.29, 0.717) is 32.3 Å². The van der Waals surface area contributed by atoms with Crippen molar-refractivity contribution in [1.29, 1.82) is 0 Å². The molecule has 2 N–H and O–H groups in total. The van der Waals surface area contributed by atoms with Crippen LogP contribution in [0.3, 0.4) is 0 Å². The summed E-state index contributed by atoms with van der Waals surface area (Å²) in [7, 11) is 0. The van der Waals surface area contributed by atoms with E-state index >= 15 is 0 Å². The number of hydrogen-bond acceptors (Lipinski definition) is 4. The summed E-state index contributed by atoms with van der Waals surface area (Å²) in [5.74, 6) is 0.179. The van der Waals surface area contributed by atoms with Crippen molar-refractivity contribution in [3.8, 4) is 11.5 Å². The fraction of sp³-hybridized carbons (Fsp3) is 0. The monoisotopic (exact) mass is 414 g/mol. The van der Waals surface area contributed by atoms with Gasteiger partial charge in [-0.15, -0.1) is 0 Å². The van der Waals surface area contributed by atoms with E-state index in [2.05, 4.69) is 0 Å². The first-order chi connectivity index (χ1) is 15.6. The van der Waals surface area contributed by atoms with Gasteiger partial charge in [0, 0.05) is 43.1 Å². The van der Waals surface area contributed by atoms with Crippen LogP contribution in [0, 0.1) is 0 Å². The smallest absolute Gasteiger partial charge is 0.187 e. The standard InChI is InChI=1S/C28H14O4/c29-19-11-9-17-23-21(13-5-1-3-7-15(13)27(17)31)22-14-6-2-4-8-16(14)28(32)18-10-12-20(30)26(24(18)22)25(19)23/h1-12,31-32H. The molecule has 4 heteroatoms. The molecule has 150 valence electrons. The molecule has 7 aromatic rings. The van der Waals surface area contributed by atoms with Gasteiger partial charge >= 0.3 is 0 Å². The number of benzene rings is 7. The maximum Gasteiger partial charge on any atom is 0.187 e. The first-order valence-corrected chi connectivity index (χ1v) is 10.3. The van der Waals surface area contributed by atoms with Crippen LogP contribution in [0.15, 0.2) is 82.4 Å². The molecule has 0 fully saturated rings. The normalized spacial score (nSPS) is 12.2. The maximum absolute atomic E-state index is 13.2. The molecule has 0 radical (unpaired) electrons. The second-order valence-electron chi connectivity index (χ2n) is 8.26. The largest absolute Gasteiger partial charge is 0.507 e. The van der Waals surface area contributed by atoms with Gasteiger partial charge in [-0.3, -0.25) is 9.59 Å². The molecule has 0 aliphatic rings. The molecule has 0 aromatic heterocycles. The van der Waals surface area contributed by atoms with Gasteiger partial charge in [0.15, 0.2) is 10.9 Å². The third-order valence-corrected chi connectivity index (χ3v) is 6.75. The van der Waals surface area contributed by atoms with Crippen molar-refractivity contribution < 1.29 is 10.2 Å². The number of fused-ring (bicyclic) bond motifs is 6. The minimum Gasteiger partial charge on any atom is -0.507 e. The number of hydrogen-bond donors (Lipinski definition) is 2. The van der Waals surface area contributed by atoms with E-state index in [4.69, 9.17) is 0 Å². The van der Waals surface area contributed by atoms with Gasteiger partial charge < -0.3 is 10.2 Å². The summed E-state index contributed by atoms with van der Waals surface area (Å²) in [6.45, 7) is 0.